The predicted octanol–water partition coefficient (Wildman–Crippen LogP) is 4.37. The van der Waals surface area contributed by atoms with Crippen molar-refractivity contribution in [1.29, 1.82) is 0 Å². The van der Waals surface area contributed by atoms with Gasteiger partial charge in [-0.25, -0.2) is 4.57 Å². The number of halogens is 2. The van der Waals surface area contributed by atoms with Crippen LogP contribution in [-0.4, -0.2) is 14.7 Å². The Kier molecular flexibility index (Phi) is 5.48. The normalized spacial score (nSPS) is 11.0. The molecule has 0 aliphatic heterocycles. The largest absolute Gasteiger partial charge is 0.585 e. The highest BCUT2D eigenvalue weighted by Crippen LogP contribution is 2.48. The van der Waals surface area contributed by atoms with Crippen molar-refractivity contribution in [2.75, 3.05) is 0 Å². The Morgan fingerprint density at radius 1 is 0.880 bits per heavy atom. The summed E-state index contributed by atoms with van der Waals surface area (Å²) in [7, 11) is -4.78. The number of hydrogen-bond acceptors (Lipinski definition) is 7. The van der Waals surface area contributed by atoms with Gasteiger partial charge >= 0.3 is 7.82 Å². The Hall–Kier alpha value is -2.39. The molecule has 0 aromatic heterocycles. The van der Waals surface area contributed by atoms with E-state index in [2.05, 4.69) is 0 Å². The van der Waals surface area contributed by atoms with Gasteiger partial charge in [-0.15, -0.1) is 0 Å². The minimum atomic E-state index is -4.78. The van der Waals surface area contributed by atoms with Crippen LogP contribution in [0.4, 0.5) is 11.4 Å². The molecule has 2 aromatic carbocycles. The van der Waals surface area contributed by atoms with E-state index in [0.29, 0.717) is 0 Å². The summed E-state index contributed by atoms with van der Waals surface area (Å²) in [4.78, 5) is 29.6. The zero-order chi connectivity index (χ0) is 18.8. The van der Waals surface area contributed by atoms with Gasteiger partial charge in [0.15, 0.2) is 11.5 Å². The third kappa shape index (κ3) is 4.80. The smallest absolute Gasteiger partial charge is 0.394 e. The lowest BCUT2D eigenvalue weighted by Gasteiger charge is -2.15. The van der Waals surface area contributed by atoms with Gasteiger partial charge in [0.25, 0.3) is 11.4 Å². The highest BCUT2D eigenvalue weighted by atomic mass is 35.5. The summed E-state index contributed by atoms with van der Waals surface area (Å²) in [5.74, 6) is -0.674. The summed E-state index contributed by atoms with van der Waals surface area (Å²) in [5, 5.41) is 20.7. The third-order valence-electron chi connectivity index (χ3n) is 2.68. The lowest BCUT2D eigenvalue weighted by Crippen LogP contribution is -2.01. The second-order valence-electron chi connectivity index (χ2n) is 4.39. The van der Waals surface area contributed by atoms with Crippen LogP contribution < -0.4 is 9.05 Å². The summed E-state index contributed by atoms with van der Waals surface area (Å²) >= 11 is 11.5. The first-order valence-electron chi connectivity index (χ1n) is 6.19. The molecular weight excluding hydrogens is 402 g/mol. The van der Waals surface area contributed by atoms with E-state index in [1.807, 2.05) is 0 Å². The molecule has 2 rings (SSSR count). The molecule has 132 valence electrons. The van der Waals surface area contributed by atoms with E-state index in [4.69, 9.17) is 32.2 Å². The first kappa shape index (κ1) is 18.9. The van der Waals surface area contributed by atoms with Gasteiger partial charge < -0.3 is 9.05 Å². The van der Waals surface area contributed by atoms with E-state index in [0.717, 1.165) is 36.4 Å². The van der Waals surface area contributed by atoms with Gasteiger partial charge in [0.2, 0.25) is 0 Å². The van der Waals surface area contributed by atoms with Crippen LogP contribution in [0.15, 0.2) is 36.4 Å². The van der Waals surface area contributed by atoms with Crippen LogP contribution >= 0.6 is 31.0 Å². The van der Waals surface area contributed by atoms with Gasteiger partial charge in [-0.2, -0.15) is 0 Å². The van der Waals surface area contributed by atoms with Crippen LogP contribution in [0.2, 0.25) is 10.0 Å². The fourth-order valence-electron chi connectivity index (χ4n) is 1.62. The maximum absolute atomic E-state index is 12.0. The molecule has 0 amide bonds. The van der Waals surface area contributed by atoms with Crippen LogP contribution in [0.1, 0.15) is 0 Å². The van der Waals surface area contributed by atoms with Crippen LogP contribution in [0, 0.1) is 20.2 Å². The molecule has 0 fully saturated rings. The topological polar surface area (TPSA) is 142 Å². The molecule has 0 unspecified atom stereocenters. The molecule has 0 bridgehead atoms. The van der Waals surface area contributed by atoms with E-state index in [9.17, 15) is 29.7 Å². The molecule has 0 atom stereocenters. The standard InChI is InChI=1S/C12H7Cl2N2O8P/c13-9-5-7(15(17)18)1-3-11(9)23-25(21,22)24-12-4-2-8(16(19)20)6-10(12)14/h1-6H,(H,21,22). The maximum atomic E-state index is 12.0. The molecule has 0 aliphatic rings. The maximum Gasteiger partial charge on any atom is 0.585 e. The Labute approximate surface area is 149 Å². The molecule has 0 heterocycles. The number of phosphoric ester groups is 1. The van der Waals surface area contributed by atoms with Crippen molar-refractivity contribution in [1.82, 2.24) is 0 Å². The van der Waals surface area contributed by atoms with Crippen LogP contribution in [0.3, 0.4) is 0 Å². The summed E-state index contributed by atoms with van der Waals surface area (Å²) in [5.41, 5.74) is -0.686. The number of non-ortho nitro benzene ring substituents is 2. The number of phosphoric acid groups is 1. The third-order valence-corrected chi connectivity index (χ3v) is 4.13. The molecule has 10 nitrogen and oxygen atoms in total. The first-order chi connectivity index (χ1) is 11.6. The first-order valence-corrected chi connectivity index (χ1v) is 8.44. The summed E-state index contributed by atoms with van der Waals surface area (Å²) in [6.07, 6.45) is 0. The Morgan fingerprint density at radius 2 is 1.24 bits per heavy atom. The van der Waals surface area contributed by atoms with Crippen LogP contribution in [-0.2, 0) is 4.57 Å². The van der Waals surface area contributed by atoms with Crippen LogP contribution in [0.25, 0.3) is 0 Å². The highest BCUT2D eigenvalue weighted by molar-refractivity contribution is 7.48. The van der Waals surface area contributed by atoms with Gasteiger partial charge in [-0.1, -0.05) is 23.2 Å². The molecule has 0 spiro atoms. The fraction of sp³-hybridized carbons (Fsp3) is 0. The van der Waals surface area contributed by atoms with E-state index in [1.54, 1.807) is 0 Å². The number of rotatable bonds is 6. The molecule has 13 heteroatoms. The minimum Gasteiger partial charge on any atom is -0.394 e. The van der Waals surface area contributed by atoms with Crippen molar-refractivity contribution in [3.63, 3.8) is 0 Å². The van der Waals surface area contributed by atoms with Crippen molar-refractivity contribution >= 4 is 42.4 Å². The number of nitro benzene ring substituents is 2. The van der Waals surface area contributed by atoms with E-state index in [1.165, 1.54) is 0 Å². The number of hydrogen-bond donors (Lipinski definition) is 1. The zero-order valence-electron chi connectivity index (χ0n) is 11.9. The predicted molar refractivity (Wildman–Crippen MR) is 87.3 cm³/mol. The fourth-order valence-corrected chi connectivity index (χ4v) is 3.01. The molecule has 0 aliphatic carbocycles. The monoisotopic (exact) mass is 408 g/mol. The molecule has 0 radical (unpaired) electrons. The number of nitrogens with zero attached hydrogens (tertiary/aromatic N) is 2. The average molecular weight is 409 g/mol. The molecule has 1 N–H and O–H groups in total. The van der Waals surface area contributed by atoms with E-state index < -0.39 is 17.7 Å². The van der Waals surface area contributed by atoms with Gasteiger partial charge in [-0.3, -0.25) is 25.1 Å². The van der Waals surface area contributed by atoms with Gasteiger partial charge in [-0.05, 0) is 12.1 Å². The van der Waals surface area contributed by atoms with Crippen molar-refractivity contribution < 1.29 is 28.4 Å². The minimum absolute atomic E-state index is 0.290. The molecule has 0 saturated heterocycles. The lowest BCUT2D eigenvalue weighted by molar-refractivity contribution is -0.385. The van der Waals surface area contributed by atoms with Gasteiger partial charge in [0.05, 0.1) is 19.9 Å². The second-order valence-corrected chi connectivity index (χ2v) is 6.51. The van der Waals surface area contributed by atoms with Gasteiger partial charge in [0.1, 0.15) is 0 Å². The van der Waals surface area contributed by atoms with Gasteiger partial charge in [0, 0.05) is 24.3 Å². The van der Waals surface area contributed by atoms with Crippen molar-refractivity contribution in [3.05, 3.63) is 66.7 Å². The number of nitro groups is 2. The quantitative estimate of drug-likeness (QED) is 0.421. The molecule has 25 heavy (non-hydrogen) atoms. The molecule has 2 aromatic rings. The SMILES string of the molecule is O=[N+]([O-])c1ccc(OP(=O)(O)Oc2ccc([N+](=O)[O-])cc2Cl)c(Cl)c1. The zero-order valence-corrected chi connectivity index (χ0v) is 14.3. The molecule has 0 saturated carbocycles. The van der Waals surface area contributed by atoms with Crippen LogP contribution in [0.5, 0.6) is 11.5 Å². The lowest BCUT2D eigenvalue weighted by atomic mass is 10.3. The summed E-state index contributed by atoms with van der Waals surface area (Å²) in [6.45, 7) is 0. The van der Waals surface area contributed by atoms with Crippen molar-refractivity contribution in [2.45, 2.75) is 0 Å². The van der Waals surface area contributed by atoms with Crippen molar-refractivity contribution in [2.24, 2.45) is 0 Å². The number of benzene rings is 2. The molecular formula is C12H7Cl2N2O8P. The van der Waals surface area contributed by atoms with E-state index >= 15 is 0 Å². The highest BCUT2D eigenvalue weighted by Gasteiger charge is 2.28. The summed E-state index contributed by atoms with van der Waals surface area (Å²) in [6, 6.07) is 5.92. The Balaban J connectivity index is 2.21. The Bertz CT molecular complexity index is 837. The second kappa shape index (κ2) is 7.24. The average Bonchev–Trinajstić information content (AvgIpc) is 2.50. The summed E-state index contributed by atoms with van der Waals surface area (Å²) < 4.78 is 21.5. The van der Waals surface area contributed by atoms with Crippen molar-refractivity contribution in [3.8, 4) is 11.5 Å². The Morgan fingerprint density at radius 3 is 1.52 bits per heavy atom. The van der Waals surface area contributed by atoms with E-state index in [-0.39, 0.29) is 32.9 Å².